The Morgan fingerprint density at radius 1 is 1.41 bits per heavy atom. The third-order valence-electron chi connectivity index (χ3n) is 3.32. The van der Waals surface area contributed by atoms with Crippen molar-refractivity contribution in [3.8, 4) is 0 Å². The van der Waals surface area contributed by atoms with Crippen LogP contribution >= 0.6 is 22.6 Å². The first-order valence-corrected chi connectivity index (χ1v) is 7.22. The van der Waals surface area contributed by atoms with Crippen molar-refractivity contribution in [3.63, 3.8) is 0 Å². The van der Waals surface area contributed by atoms with Crippen LogP contribution in [0.2, 0.25) is 0 Å². The van der Waals surface area contributed by atoms with E-state index >= 15 is 0 Å². The Morgan fingerprint density at radius 3 is 2.41 bits per heavy atom. The van der Waals surface area contributed by atoms with Crippen LogP contribution in [-0.2, 0) is 4.79 Å². The lowest BCUT2D eigenvalue weighted by Crippen LogP contribution is -2.53. The molecule has 0 aliphatic heterocycles. The average Bonchev–Trinajstić information content (AvgIpc) is 2.19. The first-order chi connectivity index (χ1) is 7.79. The number of hydrogen-bond acceptors (Lipinski definition) is 1. The summed E-state index contributed by atoms with van der Waals surface area (Å²) in [6, 6.07) is 0.102. The molecule has 0 saturated carbocycles. The summed E-state index contributed by atoms with van der Waals surface area (Å²) in [6.45, 7) is 10.4. The highest BCUT2D eigenvalue weighted by atomic mass is 127. The van der Waals surface area contributed by atoms with Crippen molar-refractivity contribution in [2.45, 2.75) is 44.1 Å². The molecule has 0 aromatic heterocycles. The molecular weight excluding hydrogens is 325 g/mol. The monoisotopic (exact) mass is 347 g/mol. The van der Waals surface area contributed by atoms with Gasteiger partial charge in [0, 0.05) is 6.92 Å². The zero-order valence-electron chi connectivity index (χ0n) is 11.3. The van der Waals surface area contributed by atoms with Crippen molar-refractivity contribution in [3.05, 3.63) is 23.8 Å². The van der Waals surface area contributed by atoms with Crippen molar-refractivity contribution in [1.82, 2.24) is 5.32 Å². The molecule has 0 bridgehead atoms. The number of rotatable bonds is 3. The van der Waals surface area contributed by atoms with E-state index in [2.05, 4.69) is 73.8 Å². The molecule has 0 spiro atoms. The van der Waals surface area contributed by atoms with E-state index in [0.717, 1.165) is 0 Å². The number of hydrogen-bond donors (Lipinski definition) is 1. The highest BCUT2D eigenvalue weighted by Gasteiger charge is 2.41. The van der Waals surface area contributed by atoms with E-state index in [4.69, 9.17) is 0 Å². The molecule has 1 amide bonds. The standard InChI is InChI=1S/C14H22INO/c1-9(2)12-7-6-8-14(15,10(3)4)13(12)16-11(5)17/h6-10,13H,1-5H3,(H,16,17). The van der Waals surface area contributed by atoms with Gasteiger partial charge in [0.15, 0.2) is 0 Å². The smallest absolute Gasteiger partial charge is 0.217 e. The van der Waals surface area contributed by atoms with Gasteiger partial charge in [0.2, 0.25) is 5.91 Å². The Morgan fingerprint density at radius 2 is 2.00 bits per heavy atom. The lowest BCUT2D eigenvalue weighted by atomic mass is 9.77. The predicted molar refractivity (Wildman–Crippen MR) is 81.3 cm³/mol. The van der Waals surface area contributed by atoms with Crippen LogP contribution in [0.3, 0.4) is 0 Å². The summed E-state index contributed by atoms with van der Waals surface area (Å²) in [6.07, 6.45) is 6.48. The molecule has 96 valence electrons. The molecule has 0 fully saturated rings. The Balaban J connectivity index is 3.13. The second-order valence-corrected chi connectivity index (χ2v) is 7.16. The molecule has 2 atom stereocenters. The van der Waals surface area contributed by atoms with Crippen LogP contribution in [-0.4, -0.2) is 15.4 Å². The molecule has 1 aliphatic rings. The third kappa shape index (κ3) is 3.12. The van der Waals surface area contributed by atoms with E-state index in [9.17, 15) is 4.79 Å². The Bertz CT molecular complexity index is 357. The SMILES string of the molecule is CC(=O)NC1C(C(C)C)=CC=CC1(I)C(C)C. The molecule has 1 rings (SSSR count). The van der Waals surface area contributed by atoms with E-state index in [1.807, 2.05) is 0 Å². The Hall–Kier alpha value is -0.320. The van der Waals surface area contributed by atoms with Gasteiger partial charge in [0.05, 0.1) is 9.46 Å². The molecule has 0 heterocycles. The van der Waals surface area contributed by atoms with E-state index in [1.54, 1.807) is 6.92 Å². The first-order valence-electron chi connectivity index (χ1n) is 6.14. The Kier molecular flexibility index (Phi) is 4.81. The highest BCUT2D eigenvalue weighted by molar-refractivity contribution is 14.1. The second kappa shape index (κ2) is 5.55. The fourth-order valence-electron chi connectivity index (χ4n) is 2.20. The van der Waals surface area contributed by atoms with Crippen molar-refractivity contribution >= 4 is 28.5 Å². The number of carbonyl (C=O) groups excluding carboxylic acids is 1. The van der Waals surface area contributed by atoms with E-state index in [-0.39, 0.29) is 15.4 Å². The molecule has 1 aliphatic carbocycles. The molecule has 0 radical (unpaired) electrons. The van der Waals surface area contributed by atoms with Gasteiger partial charge in [-0.1, -0.05) is 68.5 Å². The lowest BCUT2D eigenvalue weighted by Gasteiger charge is -2.41. The highest BCUT2D eigenvalue weighted by Crippen LogP contribution is 2.40. The molecule has 17 heavy (non-hydrogen) atoms. The molecule has 2 unspecified atom stereocenters. The summed E-state index contributed by atoms with van der Waals surface area (Å²) in [5, 5.41) is 3.12. The van der Waals surface area contributed by atoms with Crippen LogP contribution in [0, 0.1) is 11.8 Å². The zero-order chi connectivity index (χ0) is 13.2. The molecule has 2 nitrogen and oxygen atoms in total. The summed E-state index contributed by atoms with van der Waals surface area (Å²) in [5.74, 6) is 0.960. The van der Waals surface area contributed by atoms with Gasteiger partial charge < -0.3 is 5.32 Å². The van der Waals surface area contributed by atoms with Gasteiger partial charge in [-0.15, -0.1) is 0 Å². The summed E-state index contributed by atoms with van der Waals surface area (Å²) >= 11 is 2.48. The normalized spacial score (nSPS) is 28.5. The van der Waals surface area contributed by atoms with Gasteiger partial charge in [0.25, 0.3) is 0 Å². The number of allylic oxidation sites excluding steroid dienone is 2. The van der Waals surface area contributed by atoms with Gasteiger partial charge in [0.1, 0.15) is 0 Å². The maximum atomic E-state index is 11.4. The number of carbonyl (C=O) groups is 1. The van der Waals surface area contributed by atoms with Crippen LogP contribution in [0.5, 0.6) is 0 Å². The molecule has 0 aromatic rings. The average molecular weight is 347 g/mol. The fourth-order valence-corrected chi connectivity index (χ4v) is 2.93. The van der Waals surface area contributed by atoms with Crippen LogP contribution < -0.4 is 5.32 Å². The maximum absolute atomic E-state index is 11.4. The quantitative estimate of drug-likeness (QED) is 0.615. The lowest BCUT2D eigenvalue weighted by molar-refractivity contribution is -0.119. The zero-order valence-corrected chi connectivity index (χ0v) is 13.4. The maximum Gasteiger partial charge on any atom is 0.217 e. The first kappa shape index (κ1) is 14.7. The number of nitrogens with one attached hydrogen (secondary N) is 1. The molecular formula is C14H22INO. The molecule has 1 N–H and O–H groups in total. The molecule has 0 aromatic carbocycles. The fraction of sp³-hybridized carbons (Fsp3) is 0.643. The Labute approximate surface area is 118 Å². The second-order valence-electron chi connectivity index (χ2n) is 5.30. The van der Waals surface area contributed by atoms with Crippen LogP contribution in [0.1, 0.15) is 34.6 Å². The van der Waals surface area contributed by atoms with Gasteiger partial charge >= 0.3 is 0 Å². The van der Waals surface area contributed by atoms with E-state index in [1.165, 1.54) is 5.57 Å². The minimum Gasteiger partial charge on any atom is -0.348 e. The van der Waals surface area contributed by atoms with Gasteiger partial charge in [-0.05, 0) is 17.4 Å². The van der Waals surface area contributed by atoms with Crippen molar-refractivity contribution < 1.29 is 4.79 Å². The topological polar surface area (TPSA) is 29.1 Å². The predicted octanol–water partition coefficient (Wildman–Crippen LogP) is 3.47. The van der Waals surface area contributed by atoms with Gasteiger partial charge in [-0.2, -0.15) is 0 Å². The molecule has 0 saturated heterocycles. The van der Waals surface area contributed by atoms with Crippen LogP contribution in [0.15, 0.2) is 23.8 Å². The van der Waals surface area contributed by atoms with Gasteiger partial charge in [-0.25, -0.2) is 0 Å². The largest absolute Gasteiger partial charge is 0.348 e. The van der Waals surface area contributed by atoms with Crippen molar-refractivity contribution in [2.24, 2.45) is 11.8 Å². The number of amides is 1. The van der Waals surface area contributed by atoms with Crippen molar-refractivity contribution in [2.75, 3.05) is 0 Å². The summed E-state index contributed by atoms with van der Waals surface area (Å²) in [4.78, 5) is 11.4. The van der Waals surface area contributed by atoms with Crippen LogP contribution in [0.4, 0.5) is 0 Å². The molecule has 3 heteroatoms. The summed E-state index contributed by atoms with van der Waals surface area (Å²) in [7, 11) is 0. The minimum atomic E-state index is -0.0300. The van der Waals surface area contributed by atoms with Crippen LogP contribution in [0.25, 0.3) is 0 Å². The van der Waals surface area contributed by atoms with Crippen molar-refractivity contribution in [1.29, 1.82) is 0 Å². The van der Waals surface area contributed by atoms with Gasteiger partial charge in [-0.3, -0.25) is 4.79 Å². The summed E-state index contributed by atoms with van der Waals surface area (Å²) < 4.78 is -0.0300. The van der Waals surface area contributed by atoms with E-state index in [0.29, 0.717) is 11.8 Å². The minimum absolute atomic E-state index is 0.0300. The number of halogens is 1. The summed E-state index contributed by atoms with van der Waals surface area (Å²) in [5.41, 5.74) is 1.31. The number of alkyl halides is 1. The third-order valence-corrected chi connectivity index (χ3v) is 5.54. The van der Waals surface area contributed by atoms with E-state index < -0.39 is 0 Å².